The van der Waals surface area contributed by atoms with Gasteiger partial charge in [0.1, 0.15) is 9.71 Å². The van der Waals surface area contributed by atoms with Gasteiger partial charge in [-0.1, -0.05) is 72.8 Å². The number of pyridine rings is 1. The predicted octanol–water partition coefficient (Wildman–Crippen LogP) is 7.32. The van der Waals surface area contributed by atoms with Crippen LogP contribution < -0.4 is 15.2 Å². The maximum Gasteiger partial charge on any atom is 0.266 e. The van der Waals surface area contributed by atoms with Gasteiger partial charge in [-0.25, -0.2) is 4.98 Å². The molecule has 1 fully saturated rings. The van der Waals surface area contributed by atoms with Crippen LogP contribution in [0.25, 0.3) is 32.6 Å². The molecule has 41 heavy (non-hydrogen) atoms. The van der Waals surface area contributed by atoms with Gasteiger partial charge >= 0.3 is 0 Å². The van der Waals surface area contributed by atoms with Crippen molar-refractivity contribution in [2.24, 2.45) is 5.92 Å². The van der Waals surface area contributed by atoms with E-state index in [4.69, 9.17) is 20.2 Å². The number of aromatic nitrogens is 1. The number of para-hydroxylation sites is 1. The largest absolute Gasteiger partial charge is 0.493 e. The number of rotatable bonds is 7. The number of nitrogens with two attached hydrogens (primary N) is 1. The Bertz CT molecular complexity index is 1680. The van der Waals surface area contributed by atoms with Gasteiger partial charge in [-0.05, 0) is 42.9 Å². The first-order valence-corrected chi connectivity index (χ1v) is 14.7. The van der Waals surface area contributed by atoms with Gasteiger partial charge in [0.15, 0.2) is 11.5 Å². The summed E-state index contributed by atoms with van der Waals surface area (Å²) in [6, 6.07) is 28.4. The number of ether oxygens (including phenoxy) is 2. The van der Waals surface area contributed by atoms with E-state index >= 15 is 0 Å². The van der Waals surface area contributed by atoms with E-state index in [-0.39, 0.29) is 5.91 Å². The summed E-state index contributed by atoms with van der Waals surface area (Å²) in [6.45, 7) is 1.45. The SMILES string of the molecule is COc1cccc(-c2cc(-c3ccccc3)nc3sc(C(=O)N4CCC(Cc5ccccc5)CC4)c(N)c23)c1OC. The van der Waals surface area contributed by atoms with Crippen molar-refractivity contribution in [1.82, 2.24) is 9.88 Å². The fraction of sp³-hybridized carbons (Fsp3) is 0.235. The normalized spacial score (nSPS) is 13.9. The predicted molar refractivity (Wildman–Crippen MR) is 167 cm³/mol. The van der Waals surface area contributed by atoms with Gasteiger partial charge in [-0.2, -0.15) is 0 Å². The molecule has 1 aliphatic heterocycles. The average molecular weight is 564 g/mol. The molecule has 208 valence electrons. The number of anilines is 1. The van der Waals surface area contributed by atoms with Crippen LogP contribution in [0.15, 0.2) is 84.9 Å². The minimum Gasteiger partial charge on any atom is -0.493 e. The van der Waals surface area contributed by atoms with E-state index in [0.717, 1.165) is 65.0 Å². The summed E-state index contributed by atoms with van der Waals surface area (Å²) in [6.07, 6.45) is 3.01. The van der Waals surface area contributed by atoms with Crippen molar-refractivity contribution in [1.29, 1.82) is 0 Å². The number of likely N-dealkylation sites (tertiary alicyclic amines) is 1. The van der Waals surface area contributed by atoms with Crippen molar-refractivity contribution in [3.05, 3.63) is 95.4 Å². The molecule has 0 unspecified atom stereocenters. The third-order valence-electron chi connectivity index (χ3n) is 7.92. The van der Waals surface area contributed by atoms with E-state index in [1.54, 1.807) is 14.2 Å². The van der Waals surface area contributed by atoms with Gasteiger partial charge in [-0.3, -0.25) is 4.79 Å². The molecule has 6 nitrogen and oxygen atoms in total. The number of fused-ring (bicyclic) bond motifs is 1. The minimum absolute atomic E-state index is 0.0199. The molecule has 7 heteroatoms. The van der Waals surface area contributed by atoms with Crippen LogP contribution in [0, 0.1) is 5.92 Å². The number of thiophene rings is 1. The van der Waals surface area contributed by atoms with Crippen LogP contribution in [0.2, 0.25) is 0 Å². The van der Waals surface area contributed by atoms with Crippen molar-refractivity contribution in [3.63, 3.8) is 0 Å². The summed E-state index contributed by atoms with van der Waals surface area (Å²) >= 11 is 1.37. The zero-order valence-corrected chi connectivity index (χ0v) is 24.1. The number of hydrogen-bond donors (Lipinski definition) is 1. The fourth-order valence-electron chi connectivity index (χ4n) is 5.78. The van der Waals surface area contributed by atoms with E-state index in [1.165, 1.54) is 16.9 Å². The number of methoxy groups -OCH3 is 2. The van der Waals surface area contributed by atoms with Crippen LogP contribution in [0.5, 0.6) is 11.5 Å². The summed E-state index contributed by atoms with van der Waals surface area (Å²) in [4.78, 5) is 22.1. The van der Waals surface area contributed by atoms with Crippen LogP contribution in [0.3, 0.4) is 0 Å². The molecule has 3 aromatic carbocycles. The van der Waals surface area contributed by atoms with Crippen molar-refractivity contribution < 1.29 is 14.3 Å². The molecule has 0 spiro atoms. The van der Waals surface area contributed by atoms with E-state index < -0.39 is 0 Å². The molecule has 1 amide bonds. The molecule has 5 aromatic rings. The standard InChI is InChI=1S/C34H33N3O3S/c1-39-28-15-9-14-25(31(28)40-2)26-21-27(24-12-7-4-8-13-24)36-33-29(26)30(35)32(41-33)34(38)37-18-16-23(17-19-37)20-22-10-5-3-6-11-22/h3-15,21,23H,16-20,35H2,1-2H3. The lowest BCUT2D eigenvalue weighted by molar-refractivity contribution is 0.0696. The van der Waals surface area contributed by atoms with Crippen LogP contribution in [-0.4, -0.2) is 43.1 Å². The van der Waals surface area contributed by atoms with Gasteiger partial charge in [0, 0.05) is 35.2 Å². The molecular formula is C34H33N3O3S. The topological polar surface area (TPSA) is 77.7 Å². The summed E-state index contributed by atoms with van der Waals surface area (Å²) in [5.74, 6) is 1.79. The molecule has 1 aliphatic rings. The number of nitrogens with zero attached hydrogens (tertiary/aromatic N) is 2. The molecule has 6 rings (SSSR count). The first-order chi connectivity index (χ1) is 20.1. The molecule has 1 saturated heterocycles. The highest BCUT2D eigenvalue weighted by Crippen LogP contribution is 2.46. The number of piperidine rings is 1. The van der Waals surface area contributed by atoms with Gasteiger partial charge in [-0.15, -0.1) is 11.3 Å². The van der Waals surface area contributed by atoms with Crippen LogP contribution in [0.1, 0.15) is 28.1 Å². The minimum atomic E-state index is -0.0199. The Morgan fingerprint density at radius 1 is 0.927 bits per heavy atom. The van der Waals surface area contributed by atoms with E-state index in [0.29, 0.717) is 28.0 Å². The lowest BCUT2D eigenvalue weighted by Gasteiger charge is -2.32. The first-order valence-electron chi connectivity index (χ1n) is 13.9. The number of hydrogen-bond acceptors (Lipinski definition) is 6. The summed E-state index contributed by atoms with van der Waals surface area (Å²) in [5.41, 5.74) is 12.1. The smallest absolute Gasteiger partial charge is 0.266 e. The van der Waals surface area contributed by atoms with E-state index in [2.05, 4.69) is 24.3 Å². The number of amides is 1. The van der Waals surface area contributed by atoms with Crippen LogP contribution in [-0.2, 0) is 6.42 Å². The zero-order chi connectivity index (χ0) is 28.3. The second kappa shape index (κ2) is 11.6. The summed E-state index contributed by atoms with van der Waals surface area (Å²) in [7, 11) is 3.25. The quantitative estimate of drug-likeness (QED) is 0.224. The Balaban J connectivity index is 1.38. The van der Waals surface area contributed by atoms with Crippen molar-refractivity contribution >= 4 is 33.1 Å². The molecule has 0 radical (unpaired) electrons. The molecule has 3 heterocycles. The second-order valence-electron chi connectivity index (χ2n) is 10.4. The molecule has 0 saturated carbocycles. The van der Waals surface area contributed by atoms with Gasteiger partial charge in [0.2, 0.25) is 0 Å². The third kappa shape index (κ3) is 5.25. The first kappa shape index (κ1) is 26.8. The maximum absolute atomic E-state index is 13.9. The molecular weight excluding hydrogens is 530 g/mol. The number of benzene rings is 3. The van der Waals surface area contributed by atoms with E-state index in [1.807, 2.05) is 65.6 Å². The van der Waals surface area contributed by atoms with E-state index in [9.17, 15) is 4.79 Å². The highest BCUT2D eigenvalue weighted by Gasteiger charge is 2.29. The molecule has 2 aromatic heterocycles. The molecule has 0 aliphatic carbocycles. The lowest BCUT2D eigenvalue weighted by Crippen LogP contribution is -2.38. The number of nitrogen functional groups attached to an aromatic ring is 1. The number of carbonyl (C=O) groups excluding carboxylic acids is 1. The molecule has 0 bridgehead atoms. The second-order valence-corrected chi connectivity index (χ2v) is 11.4. The summed E-state index contributed by atoms with van der Waals surface area (Å²) < 4.78 is 11.4. The van der Waals surface area contributed by atoms with Gasteiger partial charge < -0.3 is 20.1 Å². The monoisotopic (exact) mass is 563 g/mol. The van der Waals surface area contributed by atoms with Crippen molar-refractivity contribution in [2.45, 2.75) is 19.3 Å². The Labute approximate surface area is 244 Å². The van der Waals surface area contributed by atoms with Crippen LogP contribution in [0.4, 0.5) is 5.69 Å². The molecule has 2 N–H and O–H groups in total. The average Bonchev–Trinajstić information content (AvgIpc) is 3.37. The Kier molecular flexibility index (Phi) is 7.61. The highest BCUT2D eigenvalue weighted by molar-refractivity contribution is 7.21. The lowest BCUT2D eigenvalue weighted by atomic mass is 9.90. The van der Waals surface area contributed by atoms with Crippen molar-refractivity contribution in [2.75, 3.05) is 33.0 Å². The van der Waals surface area contributed by atoms with Crippen molar-refractivity contribution in [3.8, 4) is 33.9 Å². The Morgan fingerprint density at radius 3 is 2.32 bits per heavy atom. The third-order valence-corrected chi connectivity index (χ3v) is 9.01. The maximum atomic E-state index is 13.9. The van der Waals surface area contributed by atoms with Crippen LogP contribution >= 0.6 is 11.3 Å². The molecule has 0 atom stereocenters. The Morgan fingerprint density at radius 2 is 1.63 bits per heavy atom. The fourth-order valence-corrected chi connectivity index (χ4v) is 6.87. The summed E-state index contributed by atoms with van der Waals surface area (Å²) in [5, 5.41) is 0.767. The van der Waals surface area contributed by atoms with Gasteiger partial charge in [0.25, 0.3) is 5.91 Å². The van der Waals surface area contributed by atoms with Gasteiger partial charge in [0.05, 0.1) is 25.6 Å². The Hall–Kier alpha value is -4.36. The zero-order valence-electron chi connectivity index (χ0n) is 23.3. The highest BCUT2D eigenvalue weighted by atomic mass is 32.1. The number of carbonyl (C=O) groups is 1.